The van der Waals surface area contributed by atoms with E-state index < -0.39 is 12.2 Å². The van der Waals surface area contributed by atoms with Gasteiger partial charge in [-0.05, 0) is 105 Å². The molecular formula is C27H44O3. The van der Waals surface area contributed by atoms with Gasteiger partial charge in [0.25, 0.3) is 0 Å². The Bertz CT molecular complexity index is 694. The molecule has 2 N–H and O–H groups in total. The molecule has 4 rings (SSSR count). The van der Waals surface area contributed by atoms with E-state index in [2.05, 4.69) is 26.8 Å². The Kier molecular flexibility index (Phi) is 6.03. The molecule has 3 saturated carbocycles. The molecule has 3 fully saturated rings. The second-order valence-electron chi connectivity index (χ2n) is 12.1. The summed E-state index contributed by atoms with van der Waals surface area (Å²) < 4.78 is 0. The van der Waals surface area contributed by atoms with E-state index in [0.29, 0.717) is 29.1 Å². The van der Waals surface area contributed by atoms with Crippen LogP contribution in [0.4, 0.5) is 0 Å². The fourth-order valence-electron chi connectivity index (χ4n) is 8.59. The number of fused-ring (bicyclic) bond motifs is 5. The summed E-state index contributed by atoms with van der Waals surface area (Å²) in [6.45, 7) is 8.43. The van der Waals surface area contributed by atoms with Crippen LogP contribution in [0.1, 0.15) is 98.3 Å². The SMILES string of the molecule is C[C@H](CCC(=O)C(C)(O)CO)[C@H]1CC[C@H]2[C@@H]3CC=C4CCCC[C@]4(C)[C@H]3CC[C@]12C. The van der Waals surface area contributed by atoms with Crippen molar-refractivity contribution in [2.45, 2.75) is 104 Å². The second-order valence-corrected chi connectivity index (χ2v) is 12.1. The van der Waals surface area contributed by atoms with Crippen molar-refractivity contribution in [1.82, 2.24) is 0 Å². The molecule has 170 valence electrons. The Morgan fingerprint density at radius 1 is 1.20 bits per heavy atom. The van der Waals surface area contributed by atoms with Crippen LogP contribution >= 0.6 is 0 Å². The van der Waals surface area contributed by atoms with Crippen LogP contribution in [-0.2, 0) is 4.79 Å². The zero-order chi connectivity index (χ0) is 21.7. The van der Waals surface area contributed by atoms with Crippen LogP contribution in [0.3, 0.4) is 0 Å². The van der Waals surface area contributed by atoms with Crippen LogP contribution in [0, 0.1) is 40.4 Å². The normalized spacial score (nSPS) is 43.6. The molecule has 0 aromatic rings. The fourth-order valence-corrected chi connectivity index (χ4v) is 8.59. The lowest BCUT2D eigenvalue weighted by Crippen LogP contribution is -2.50. The summed E-state index contributed by atoms with van der Waals surface area (Å²) in [6, 6.07) is 0. The zero-order valence-corrected chi connectivity index (χ0v) is 19.8. The van der Waals surface area contributed by atoms with Crippen molar-refractivity contribution >= 4 is 5.78 Å². The number of allylic oxidation sites excluding steroid dienone is 2. The lowest BCUT2D eigenvalue weighted by Gasteiger charge is -2.58. The minimum atomic E-state index is -1.58. The first-order chi connectivity index (χ1) is 14.1. The van der Waals surface area contributed by atoms with E-state index >= 15 is 0 Å². The first kappa shape index (κ1) is 22.5. The summed E-state index contributed by atoms with van der Waals surface area (Å²) in [6.07, 6.45) is 16.1. The van der Waals surface area contributed by atoms with Crippen molar-refractivity contribution in [2.75, 3.05) is 6.61 Å². The third kappa shape index (κ3) is 3.52. The largest absolute Gasteiger partial charge is 0.393 e. The van der Waals surface area contributed by atoms with Gasteiger partial charge in [0.15, 0.2) is 5.78 Å². The summed E-state index contributed by atoms with van der Waals surface area (Å²) in [4.78, 5) is 12.3. The predicted octanol–water partition coefficient (Wildman–Crippen LogP) is 5.68. The molecule has 3 heteroatoms. The molecule has 0 aromatic heterocycles. The summed E-state index contributed by atoms with van der Waals surface area (Å²) in [7, 11) is 0. The van der Waals surface area contributed by atoms with E-state index in [1.807, 2.05) is 0 Å². The summed E-state index contributed by atoms with van der Waals surface area (Å²) in [5.41, 5.74) is 1.08. The van der Waals surface area contributed by atoms with Gasteiger partial charge in [-0.25, -0.2) is 0 Å². The van der Waals surface area contributed by atoms with Crippen LogP contribution in [0.2, 0.25) is 0 Å². The van der Waals surface area contributed by atoms with Gasteiger partial charge in [-0.1, -0.05) is 38.8 Å². The summed E-state index contributed by atoms with van der Waals surface area (Å²) >= 11 is 0. The molecule has 0 amide bonds. The number of hydrogen-bond donors (Lipinski definition) is 2. The minimum absolute atomic E-state index is 0.213. The highest BCUT2D eigenvalue weighted by Gasteiger charge is 2.58. The lowest BCUT2D eigenvalue weighted by atomic mass is 9.47. The third-order valence-electron chi connectivity index (χ3n) is 10.5. The van der Waals surface area contributed by atoms with Gasteiger partial charge in [0.05, 0.1) is 6.61 Å². The molecule has 0 spiro atoms. The molecule has 1 unspecified atom stereocenters. The van der Waals surface area contributed by atoms with Crippen molar-refractivity contribution in [3.05, 3.63) is 11.6 Å². The van der Waals surface area contributed by atoms with E-state index in [1.54, 1.807) is 5.57 Å². The van der Waals surface area contributed by atoms with E-state index in [-0.39, 0.29) is 5.78 Å². The zero-order valence-electron chi connectivity index (χ0n) is 19.8. The molecular weight excluding hydrogens is 372 g/mol. The number of ketones is 1. The van der Waals surface area contributed by atoms with Gasteiger partial charge in [0, 0.05) is 6.42 Å². The van der Waals surface area contributed by atoms with Gasteiger partial charge in [-0.2, -0.15) is 0 Å². The smallest absolute Gasteiger partial charge is 0.166 e. The van der Waals surface area contributed by atoms with Crippen molar-refractivity contribution in [1.29, 1.82) is 0 Å². The average molecular weight is 417 g/mol. The molecule has 0 bridgehead atoms. The van der Waals surface area contributed by atoms with Gasteiger partial charge in [-0.3, -0.25) is 4.79 Å². The number of aliphatic hydroxyl groups is 2. The predicted molar refractivity (Wildman–Crippen MR) is 121 cm³/mol. The number of aliphatic hydroxyl groups excluding tert-OH is 1. The van der Waals surface area contributed by atoms with E-state index in [1.165, 1.54) is 64.7 Å². The number of hydrogen-bond acceptors (Lipinski definition) is 3. The second kappa shape index (κ2) is 8.03. The Morgan fingerprint density at radius 2 is 1.97 bits per heavy atom. The average Bonchev–Trinajstić information content (AvgIpc) is 3.08. The lowest BCUT2D eigenvalue weighted by molar-refractivity contribution is -0.139. The highest BCUT2D eigenvalue weighted by Crippen LogP contribution is 2.67. The Morgan fingerprint density at radius 3 is 2.70 bits per heavy atom. The highest BCUT2D eigenvalue weighted by atomic mass is 16.3. The monoisotopic (exact) mass is 416 g/mol. The highest BCUT2D eigenvalue weighted by molar-refractivity contribution is 5.86. The van der Waals surface area contributed by atoms with Gasteiger partial charge in [-0.15, -0.1) is 0 Å². The standard InChI is InChI=1S/C27H44O3/c1-18(8-13-24(29)27(4,30)17-28)21-11-12-22-20-10-9-19-7-5-6-15-25(19,2)23(20)14-16-26(21,22)3/h9,18,20-23,28,30H,5-8,10-17H2,1-4H3/t18-,20+,21-,22+,23+,25+,26-,27?/m1/s1. The van der Waals surface area contributed by atoms with Gasteiger partial charge in [0.1, 0.15) is 5.60 Å². The van der Waals surface area contributed by atoms with Crippen molar-refractivity contribution in [3.8, 4) is 0 Å². The molecule has 0 aliphatic heterocycles. The third-order valence-corrected chi connectivity index (χ3v) is 10.5. The van der Waals surface area contributed by atoms with Gasteiger partial charge >= 0.3 is 0 Å². The van der Waals surface area contributed by atoms with E-state index in [0.717, 1.165) is 24.2 Å². The Labute approximate surface area is 183 Å². The van der Waals surface area contributed by atoms with Crippen molar-refractivity contribution in [2.24, 2.45) is 40.4 Å². The summed E-state index contributed by atoms with van der Waals surface area (Å²) in [5, 5.41) is 19.3. The maximum absolute atomic E-state index is 12.3. The van der Waals surface area contributed by atoms with E-state index in [9.17, 15) is 15.0 Å². The Hall–Kier alpha value is -0.670. The van der Waals surface area contributed by atoms with Crippen LogP contribution in [0.25, 0.3) is 0 Å². The fraction of sp³-hybridized carbons (Fsp3) is 0.889. The molecule has 0 aromatic carbocycles. The number of carbonyl (C=O) groups is 1. The van der Waals surface area contributed by atoms with Gasteiger partial charge in [0.2, 0.25) is 0 Å². The molecule has 30 heavy (non-hydrogen) atoms. The molecule has 4 aliphatic carbocycles. The molecule has 0 heterocycles. The summed E-state index contributed by atoms with van der Waals surface area (Å²) in [5.74, 6) is 3.53. The minimum Gasteiger partial charge on any atom is -0.393 e. The van der Waals surface area contributed by atoms with Crippen molar-refractivity contribution in [3.63, 3.8) is 0 Å². The van der Waals surface area contributed by atoms with Crippen LogP contribution in [0.5, 0.6) is 0 Å². The topological polar surface area (TPSA) is 57.5 Å². The number of carbonyl (C=O) groups excluding carboxylic acids is 1. The van der Waals surface area contributed by atoms with Gasteiger partial charge < -0.3 is 10.2 Å². The molecule has 0 saturated heterocycles. The van der Waals surface area contributed by atoms with Crippen molar-refractivity contribution < 1.29 is 15.0 Å². The molecule has 0 radical (unpaired) electrons. The number of rotatable bonds is 6. The number of Topliss-reactive ketones (excluding diaryl/α,β-unsaturated/α-hetero) is 1. The first-order valence-electron chi connectivity index (χ1n) is 12.7. The maximum atomic E-state index is 12.3. The molecule has 4 aliphatic rings. The molecule has 8 atom stereocenters. The van der Waals surface area contributed by atoms with Crippen LogP contribution in [0.15, 0.2) is 11.6 Å². The van der Waals surface area contributed by atoms with Crippen LogP contribution < -0.4 is 0 Å². The van der Waals surface area contributed by atoms with E-state index in [4.69, 9.17) is 0 Å². The quantitative estimate of drug-likeness (QED) is 0.547. The first-order valence-corrected chi connectivity index (χ1v) is 12.7. The molecule has 3 nitrogen and oxygen atoms in total. The van der Waals surface area contributed by atoms with Crippen LogP contribution in [-0.4, -0.2) is 28.2 Å². The Balaban J connectivity index is 1.46. The maximum Gasteiger partial charge on any atom is 0.166 e.